The van der Waals surface area contributed by atoms with Crippen molar-refractivity contribution < 1.29 is 18.7 Å². The first-order valence-corrected chi connectivity index (χ1v) is 10.6. The van der Waals surface area contributed by atoms with Crippen molar-refractivity contribution in [2.75, 3.05) is 6.61 Å². The Bertz CT molecular complexity index is 1240. The van der Waals surface area contributed by atoms with E-state index in [1.807, 2.05) is 23.6 Å². The van der Waals surface area contributed by atoms with E-state index in [9.17, 15) is 10.1 Å². The number of nitrogens with zero attached hydrogens (tertiary/aromatic N) is 2. The topological polar surface area (TPSA) is 85.3 Å². The van der Waals surface area contributed by atoms with E-state index in [1.165, 1.54) is 23.7 Å². The molecule has 158 valence electrons. The first kappa shape index (κ1) is 21.1. The second-order valence-electron chi connectivity index (χ2n) is 6.63. The number of hydrogen-bond donors (Lipinski definition) is 0. The van der Waals surface area contributed by atoms with Crippen molar-refractivity contribution in [2.45, 2.75) is 6.10 Å². The number of pyridine rings is 1. The standard InChI is InChI=1S/C25H18N2O4S/c1-2-12-30-25(28)23(17-8-4-3-5-9-17)31-24-19(16-26)18(21-10-6-13-29-21)15-20(27-24)22-11-7-14-32-22/h2-11,13-15,23H,1,12H2. The Kier molecular flexibility index (Phi) is 6.44. The van der Waals surface area contributed by atoms with E-state index >= 15 is 0 Å². The Balaban J connectivity index is 1.84. The molecule has 0 aliphatic carbocycles. The lowest BCUT2D eigenvalue weighted by atomic mass is 10.1. The lowest BCUT2D eigenvalue weighted by Crippen LogP contribution is -2.22. The van der Waals surface area contributed by atoms with Gasteiger partial charge in [-0.15, -0.1) is 11.3 Å². The molecule has 1 unspecified atom stereocenters. The van der Waals surface area contributed by atoms with Crippen molar-refractivity contribution in [1.29, 1.82) is 5.26 Å². The monoisotopic (exact) mass is 442 g/mol. The fourth-order valence-corrected chi connectivity index (χ4v) is 3.79. The highest BCUT2D eigenvalue weighted by Crippen LogP contribution is 2.36. The van der Waals surface area contributed by atoms with Gasteiger partial charge in [0.25, 0.3) is 0 Å². The van der Waals surface area contributed by atoms with Crippen molar-refractivity contribution in [1.82, 2.24) is 4.98 Å². The summed E-state index contributed by atoms with van der Waals surface area (Å²) in [7, 11) is 0. The van der Waals surface area contributed by atoms with Crippen molar-refractivity contribution in [3.05, 3.63) is 96.1 Å². The van der Waals surface area contributed by atoms with Crippen molar-refractivity contribution in [3.63, 3.8) is 0 Å². The van der Waals surface area contributed by atoms with Crippen LogP contribution >= 0.6 is 11.3 Å². The minimum absolute atomic E-state index is 0.0224. The van der Waals surface area contributed by atoms with Crippen LogP contribution in [0.1, 0.15) is 17.2 Å². The number of thiophene rings is 1. The molecule has 4 aromatic rings. The highest BCUT2D eigenvalue weighted by atomic mass is 32.1. The molecule has 0 saturated carbocycles. The number of rotatable bonds is 8. The molecule has 7 heteroatoms. The van der Waals surface area contributed by atoms with E-state index in [1.54, 1.807) is 42.5 Å². The van der Waals surface area contributed by atoms with E-state index in [0.717, 1.165) is 4.88 Å². The maximum absolute atomic E-state index is 12.8. The molecule has 3 aromatic heterocycles. The minimum atomic E-state index is -1.11. The van der Waals surface area contributed by atoms with Crippen LogP contribution in [0, 0.1) is 11.3 Å². The summed E-state index contributed by atoms with van der Waals surface area (Å²) in [6.45, 7) is 3.61. The molecule has 0 N–H and O–H groups in total. The predicted octanol–water partition coefficient (Wildman–Crippen LogP) is 5.79. The summed E-state index contributed by atoms with van der Waals surface area (Å²) in [5.41, 5.74) is 1.87. The van der Waals surface area contributed by atoms with Gasteiger partial charge in [0.15, 0.2) is 0 Å². The summed E-state index contributed by atoms with van der Waals surface area (Å²) in [6, 6.07) is 20.2. The molecule has 0 bridgehead atoms. The van der Waals surface area contributed by atoms with Crippen molar-refractivity contribution in [3.8, 4) is 33.8 Å². The average Bonchev–Trinajstić information content (AvgIpc) is 3.55. The zero-order valence-electron chi connectivity index (χ0n) is 16.9. The molecular formula is C25H18N2O4S. The van der Waals surface area contributed by atoms with Gasteiger partial charge in [-0.05, 0) is 29.6 Å². The van der Waals surface area contributed by atoms with Gasteiger partial charge in [-0.2, -0.15) is 5.26 Å². The molecule has 0 fully saturated rings. The average molecular weight is 442 g/mol. The highest BCUT2D eigenvalue weighted by Gasteiger charge is 2.28. The van der Waals surface area contributed by atoms with Gasteiger partial charge >= 0.3 is 5.97 Å². The van der Waals surface area contributed by atoms with E-state index < -0.39 is 12.1 Å². The normalized spacial score (nSPS) is 11.3. The summed E-state index contributed by atoms with van der Waals surface area (Å²) in [5.74, 6) is -0.0887. The quantitative estimate of drug-likeness (QED) is 0.254. The molecule has 0 amide bonds. The Morgan fingerprint density at radius 1 is 1.22 bits per heavy atom. The van der Waals surface area contributed by atoms with Crippen LogP contribution < -0.4 is 4.74 Å². The predicted molar refractivity (Wildman–Crippen MR) is 121 cm³/mol. The van der Waals surface area contributed by atoms with Gasteiger partial charge in [0.1, 0.15) is 24.0 Å². The van der Waals surface area contributed by atoms with Crippen LogP contribution in [0.3, 0.4) is 0 Å². The number of nitriles is 1. The van der Waals surface area contributed by atoms with Gasteiger partial charge in [0.2, 0.25) is 12.0 Å². The Morgan fingerprint density at radius 2 is 2.06 bits per heavy atom. The van der Waals surface area contributed by atoms with Crippen LogP contribution in [0.5, 0.6) is 5.88 Å². The SMILES string of the molecule is C=CCOC(=O)C(Oc1nc(-c2cccs2)cc(-c2ccco2)c1C#N)c1ccccc1. The van der Waals surface area contributed by atoms with Crippen LogP contribution in [0.4, 0.5) is 0 Å². The molecule has 1 aromatic carbocycles. The molecule has 0 saturated heterocycles. The first-order valence-electron chi connectivity index (χ1n) is 9.73. The summed E-state index contributed by atoms with van der Waals surface area (Å²) >= 11 is 1.50. The molecule has 3 heterocycles. The van der Waals surface area contributed by atoms with Crippen molar-refractivity contribution in [2.24, 2.45) is 0 Å². The smallest absolute Gasteiger partial charge is 0.352 e. The first-order chi connectivity index (χ1) is 15.7. The molecule has 6 nitrogen and oxygen atoms in total. The van der Waals surface area contributed by atoms with Crippen LogP contribution in [-0.2, 0) is 9.53 Å². The summed E-state index contributed by atoms with van der Waals surface area (Å²) in [6.07, 6.45) is 1.89. The van der Waals surface area contributed by atoms with E-state index in [4.69, 9.17) is 13.9 Å². The second kappa shape index (κ2) is 9.77. The lowest BCUT2D eigenvalue weighted by Gasteiger charge is -2.19. The minimum Gasteiger partial charge on any atom is -0.464 e. The third-order valence-electron chi connectivity index (χ3n) is 4.55. The Hall–Kier alpha value is -4.15. The third kappa shape index (κ3) is 4.46. The molecule has 0 spiro atoms. The number of furan rings is 1. The Morgan fingerprint density at radius 3 is 2.72 bits per heavy atom. The number of ether oxygens (including phenoxy) is 2. The highest BCUT2D eigenvalue weighted by molar-refractivity contribution is 7.13. The molecule has 4 rings (SSSR count). The van der Waals surface area contributed by atoms with E-state index in [0.29, 0.717) is 22.6 Å². The molecule has 1 atom stereocenters. The maximum atomic E-state index is 12.8. The van der Waals surface area contributed by atoms with Crippen LogP contribution in [0.25, 0.3) is 21.9 Å². The van der Waals surface area contributed by atoms with Crippen LogP contribution in [0.2, 0.25) is 0 Å². The zero-order chi connectivity index (χ0) is 22.3. The van der Waals surface area contributed by atoms with Gasteiger partial charge in [-0.1, -0.05) is 49.1 Å². The Labute approximate surface area is 189 Å². The fraction of sp³-hybridized carbons (Fsp3) is 0.0800. The van der Waals surface area contributed by atoms with Gasteiger partial charge in [0, 0.05) is 11.1 Å². The number of carbonyl (C=O) groups excluding carboxylic acids is 1. The lowest BCUT2D eigenvalue weighted by molar-refractivity contribution is -0.151. The summed E-state index contributed by atoms with van der Waals surface area (Å²) in [4.78, 5) is 18.3. The number of benzene rings is 1. The summed E-state index contributed by atoms with van der Waals surface area (Å²) < 4.78 is 16.9. The van der Waals surface area contributed by atoms with Crippen LogP contribution in [-0.4, -0.2) is 17.6 Å². The number of hydrogen-bond acceptors (Lipinski definition) is 7. The number of esters is 1. The van der Waals surface area contributed by atoms with Gasteiger partial charge in [0.05, 0.1) is 16.8 Å². The zero-order valence-corrected chi connectivity index (χ0v) is 17.7. The number of aromatic nitrogens is 1. The van der Waals surface area contributed by atoms with E-state index in [2.05, 4.69) is 17.6 Å². The molecule has 0 aliphatic rings. The molecular weight excluding hydrogens is 424 g/mol. The maximum Gasteiger partial charge on any atom is 0.352 e. The van der Waals surface area contributed by atoms with Gasteiger partial charge in [-0.25, -0.2) is 9.78 Å². The largest absolute Gasteiger partial charge is 0.464 e. The molecule has 0 radical (unpaired) electrons. The van der Waals surface area contributed by atoms with E-state index in [-0.39, 0.29) is 18.1 Å². The molecule has 0 aliphatic heterocycles. The fourth-order valence-electron chi connectivity index (χ4n) is 3.10. The number of carbonyl (C=O) groups is 1. The second-order valence-corrected chi connectivity index (χ2v) is 7.58. The molecule has 32 heavy (non-hydrogen) atoms. The third-order valence-corrected chi connectivity index (χ3v) is 5.44. The van der Waals surface area contributed by atoms with Gasteiger partial charge < -0.3 is 13.9 Å². The van der Waals surface area contributed by atoms with Crippen LogP contribution in [0.15, 0.2) is 89.4 Å². The van der Waals surface area contributed by atoms with Crippen molar-refractivity contribution >= 4 is 17.3 Å². The summed E-state index contributed by atoms with van der Waals surface area (Å²) in [5, 5.41) is 11.9. The van der Waals surface area contributed by atoms with Gasteiger partial charge in [-0.3, -0.25) is 0 Å².